The predicted molar refractivity (Wildman–Crippen MR) is 87.3 cm³/mol. The number of methoxy groups -OCH3 is 1. The summed E-state index contributed by atoms with van der Waals surface area (Å²) >= 11 is 0. The van der Waals surface area contributed by atoms with Gasteiger partial charge in [-0.05, 0) is 43.4 Å². The molecule has 1 aromatic rings. The summed E-state index contributed by atoms with van der Waals surface area (Å²) in [7, 11) is 1.83. The maximum atomic E-state index is 5.70. The van der Waals surface area contributed by atoms with Crippen LogP contribution in [0.1, 0.15) is 51.2 Å². The van der Waals surface area contributed by atoms with Crippen molar-refractivity contribution in [1.82, 2.24) is 5.32 Å². The number of benzene rings is 1. The maximum absolute atomic E-state index is 5.70. The van der Waals surface area contributed by atoms with Gasteiger partial charge in [-0.25, -0.2) is 0 Å². The maximum Gasteiger partial charge on any atom is 0.0727 e. The number of aryl methyl sites for hydroxylation is 1. The van der Waals surface area contributed by atoms with Gasteiger partial charge in [-0.3, -0.25) is 0 Å². The van der Waals surface area contributed by atoms with Gasteiger partial charge < -0.3 is 10.1 Å². The van der Waals surface area contributed by atoms with Crippen LogP contribution in [0.5, 0.6) is 0 Å². The fraction of sp³-hybridized carbons (Fsp3) is 0.667. The molecule has 0 bridgehead atoms. The van der Waals surface area contributed by atoms with Gasteiger partial charge in [-0.1, -0.05) is 51.5 Å². The van der Waals surface area contributed by atoms with Crippen LogP contribution >= 0.6 is 0 Å². The summed E-state index contributed by atoms with van der Waals surface area (Å²) in [5, 5.41) is 3.66. The lowest BCUT2D eigenvalue weighted by Crippen LogP contribution is -2.43. The second-order valence-corrected chi connectivity index (χ2v) is 5.50. The summed E-state index contributed by atoms with van der Waals surface area (Å²) in [5.74, 6) is 0. The Morgan fingerprint density at radius 1 is 1.00 bits per heavy atom. The molecule has 0 aliphatic rings. The lowest BCUT2D eigenvalue weighted by atomic mass is 9.97. The van der Waals surface area contributed by atoms with E-state index >= 15 is 0 Å². The average Bonchev–Trinajstić information content (AvgIpc) is 2.50. The van der Waals surface area contributed by atoms with Gasteiger partial charge in [0, 0.05) is 13.2 Å². The standard InChI is InChI=1S/C18H31NO/c1-5-8-18(20-4)17(19-13-6-2)14-16-11-9-15(7-3)10-12-16/h9-12,17-19H,5-8,13-14H2,1-4H3. The second kappa shape index (κ2) is 9.95. The summed E-state index contributed by atoms with van der Waals surface area (Å²) in [6, 6.07) is 9.42. The van der Waals surface area contributed by atoms with E-state index in [4.69, 9.17) is 4.74 Å². The summed E-state index contributed by atoms with van der Waals surface area (Å²) in [6.07, 6.45) is 5.89. The molecule has 0 aliphatic heterocycles. The van der Waals surface area contributed by atoms with Crippen LogP contribution in [0.2, 0.25) is 0 Å². The van der Waals surface area contributed by atoms with Gasteiger partial charge in [-0.15, -0.1) is 0 Å². The number of rotatable bonds is 10. The molecule has 1 N–H and O–H groups in total. The molecule has 20 heavy (non-hydrogen) atoms. The molecule has 2 nitrogen and oxygen atoms in total. The van der Waals surface area contributed by atoms with E-state index in [0.29, 0.717) is 12.1 Å². The van der Waals surface area contributed by atoms with E-state index in [1.54, 1.807) is 0 Å². The van der Waals surface area contributed by atoms with Crippen LogP contribution in [0.4, 0.5) is 0 Å². The van der Waals surface area contributed by atoms with Gasteiger partial charge in [0.1, 0.15) is 0 Å². The van der Waals surface area contributed by atoms with Crippen LogP contribution in [-0.4, -0.2) is 25.8 Å². The van der Waals surface area contributed by atoms with Crippen molar-refractivity contribution in [2.24, 2.45) is 0 Å². The highest BCUT2D eigenvalue weighted by atomic mass is 16.5. The Morgan fingerprint density at radius 2 is 1.65 bits per heavy atom. The first-order chi connectivity index (χ1) is 9.74. The molecule has 0 amide bonds. The molecular formula is C18H31NO. The van der Waals surface area contributed by atoms with Crippen LogP contribution in [0.15, 0.2) is 24.3 Å². The van der Waals surface area contributed by atoms with Gasteiger partial charge in [0.2, 0.25) is 0 Å². The second-order valence-electron chi connectivity index (χ2n) is 5.50. The van der Waals surface area contributed by atoms with Crippen molar-refractivity contribution >= 4 is 0 Å². The lowest BCUT2D eigenvalue weighted by molar-refractivity contribution is 0.0609. The minimum Gasteiger partial charge on any atom is -0.380 e. The summed E-state index contributed by atoms with van der Waals surface area (Å²) in [6.45, 7) is 7.69. The molecule has 0 radical (unpaired) electrons. The van der Waals surface area contributed by atoms with Crippen LogP contribution in [0.25, 0.3) is 0 Å². The first-order valence-electron chi connectivity index (χ1n) is 8.09. The molecule has 0 fully saturated rings. The molecule has 0 aromatic heterocycles. The Morgan fingerprint density at radius 3 is 2.15 bits per heavy atom. The quantitative estimate of drug-likeness (QED) is 0.698. The zero-order valence-electron chi connectivity index (χ0n) is 13.6. The first-order valence-corrected chi connectivity index (χ1v) is 8.09. The van der Waals surface area contributed by atoms with Crippen LogP contribution < -0.4 is 5.32 Å². The Hall–Kier alpha value is -0.860. The molecule has 0 heterocycles. The van der Waals surface area contributed by atoms with Gasteiger partial charge in [0.25, 0.3) is 0 Å². The van der Waals surface area contributed by atoms with E-state index in [1.807, 2.05) is 7.11 Å². The average molecular weight is 277 g/mol. The summed E-state index contributed by atoms with van der Waals surface area (Å²) in [4.78, 5) is 0. The molecule has 114 valence electrons. The van der Waals surface area contributed by atoms with E-state index in [1.165, 1.54) is 11.1 Å². The molecule has 1 aromatic carbocycles. The number of hydrogen-bond acceptors (Lipinski definition) is 2. The van der Waals surface area contributed by atoms with Crippen molar-refractivity contribution in [2.45, 2.75) is 65.0 Å². The Kier molecular flexibility index (Phi) is 8.56. The van der Waals surface area contributed by atoms with Crippen molar-refractivity contribution in [1.29, 1.82) is 0 Å². The molecule has 2 unspecified atom stereocenters. The topological polar surface area (TPSA) is 21.3 Å². The molecule has 0 saturated carbocycles. The normalized spacial score (nSPS) is 14.2. The smallest absolute Gasteiger partial charge is 0.0727 e. The highest BCUT2D eigenvalue weighted by Crippen LogP contribution is 2.14. The third-order valence-electron chi connectivity index (χ3n) is 3.87. The van der Waals surface area contributed by atoms with Crippen molar-refractivity contribution in [3.05, 3.63) is 35.4 Å². The fourth-order valence-corrected chi connectivity index (χ4v) is 2.60. The minimum atomic E-state index is 0.303. The van der Waals surface area contributed by atoms with Crippen molar-refractivity contribution in [2.75, 3.05) is 13.7 Å². The minimum absolute atomic E-state index is 0.303. The summed E-state index contributed by atoms with van der Waals surface area (Å²) in [5.41, 5.74) is 2.80. The Balaban J connectivity index is 2.70. The number of nitrogens with one attached hydrogen (secondary N) is 1. The zero-order valence-corrected chi connectivity index (χ0v) is 13.6. The van der Waals surface area contributed by atoms with Crippen molar-refractivity contribution in [3.63, 3.8) is 0 Å². The monoisotopic (exact) mass is 277 g/mol. The third-order valence-corrected chi connectivity index (χ3v) is 3.87. The van der Waals surface area contributed by atoms with E-state index in [-0.39, 0.29) is 0 Å². The largest absolute Gasteiger partial charge is 0.380 e. The molecule has 2 heteroatoms. The number of ether oxygens (including phenoxy) is 1. The SMILES string of the molecule is CCCNC(Cc1ccc(CC)cc1)C(CCC)OC. The van der Waals surface area contributed by atoms with E-state index in [9.17, 15) is 0 Å². The molecule has 0 aliphatic carbocycles. The first kappa shape index (κ1) is 17.2. The highest BCUT2D eigenvalue weighted by molar-refractivity contribution is 5.23. The molecule has 0 saturated heterocycles. The third kappa shape index (κ3) is 5.64. The van der Waals surface area contributed by atoms with Gasteiger partial charge in [0.15, 0.2) is 0 Å². The molecule has 1 rings (SSSR count). The Bertz CT molecular complexity index is 347. The van der Waals surface area contributed by atoms with Crippen molar-refractivity contribution < 1.29 is 4.74 Å². The Labute approximate surface area is 124 Å². The van der Waals surface area contributed by atoms with E-state index in [2.05, 4.69) is 50.4 Å². The highest BCUT2D eigenvalue weighted by Gasteiger charge is 2.20. The van der Waals surface area contributed by atoms with Crippen LogP contribution in [0, 0.1) is 0 Å². The molecule has 0 spiro atoms. The van der Waals surface area contributed by atoms with E-state index in [0.717, 1.165) is 38.6 Å². The summed E-state index contributed by atoms with van der Waals surface area (Å²) < 4.78 is 5.70. The van der Waals surface area contributed by atoms with Crippen LogP contribution in [0.3, 0.4) is 0 Å². The van der Waals surface area contributed by atoms with Gasteiger partial charge >= 0.3 is 0 Å². The van der Waals surface area contributed by atoms with Crippen LogP contribution in [-0.2, 0) is 17.6 Å². The zero-order chi connectivity index (χ0) is 14.8. The van der Waals surface area contributed by atoms with Crippen molar-refractivity contribution in [3.8, 4) is 0 Å². The molecular weight excluding hydrogens is 246 g/mol. The number of hydrogen-bond donors (Lipinski definition) is 1. The molecule has 2 atom stereocenters. The van der Waals surface area contributed by atoms with E-state index < -0.39 is 0 Å². The van der Waals surface area contributed by atoms with Gasteiger partial charge in [0.05, 0.1) is 6.10 Å². The van der Waals surface area contributed by atoms with Gasteiger partial charge in [-0.2, -0.15) is 0 Å². The lowest BCUT2D eigenvalue weighted by Gasteiger charge is -2.27. The predicted octanol–water partition coefficient (Wildman–Crippen LogP) is 3.97. The fourth-order valence-electron chi connectivity index (χ4n) is 2.60.